The normalized spacial score (nSPS) is 25.2. The number of hydrogen-bond donors (Lipinski definition) is 1. The number of benzene rings is 1. The molecule has 2 aliphatic heterocycles. The first-order valence-corrected chi connectivity index (χ1v) is 14.3. The summed E-state index contributed by atoms with van der Waals surface area (Å²) >= 11 is 0. The van der Waals surface area contributed by atoms with Crippen LogP contribution in [0.5, 0.6) is 0 Å². The Balaban J connectivity index is 1.57. The molecular weight excluding hydrogens is 521 g/mol. The highest BCUT2D eigenvalue weighted by atomic mass is 31.2. The lowest BCUT2D eigenvalue weighted by atomic mass is 10.0. The molecule has 4 rings (SSSR count). The number of fused-ring (bicyclic) bond motifs is 2. The van der Waals surface area contributed by atoms with E-state index in [4.69, 9.17) is 18.5 Å². The summed E-state index contributed by atoms with van der Waals surface area (Å²) in [5.74, 6) is -0.145. The molecule has 1 N–H and O–H groups in total. The van der Waals surface area contributed by atoms with Crippen LogP contribution in [0.25, 0.3) is 0 Å². The average molecular weight is 560 g/mol. The van der Waals surface area contributed by atoms with Crippen LogP contribution in [0.3, 0.4) is 0 Å². The first kappa shape index (κ1) is 29.3. The summed E-state index contributed by atoms with van der Waals surface area (Å²) in [4.78, 5) is 34.1. The Kier molecular flexibility index (Phi) is 9.18. The number of nitrogens with one attached hydrogen (secondary N) is 1. The van der Waals surface area contributed by atoms with Crippen LogP contribution in [0, 0.1) is 6.92 Å². The van der Waals surface area contributed by atoms with Gasteiger partial charge in [0, 0.05) is 36.0 Å². The van der Waals surface area contributed by atoms with Crippen LogP contribution in [0.2, 0.25) is 0 Å². The van der Waals surface area contributed by atoms with Crippen molar-refractivity contribution in [2.45, 2.75) is 84.6 Å². The largest absolute Gasteiger partial charge is 0.425 e. The van der Waals surface area contributed by atoms with Crippen molar-refractivity contribution in [3.63, 3.8) is 0 Å². The molecule has 2 saturated heterocycles. The number of ether oxygens (including phenoxy) is 2. The number of hydrogen-bond acceptors (Lipinski definition) is 9. The van der Waals surface area contributed by atoms with Gasteiger partial charge in [-0.3, -0.25) is 14.4 Å². The average Bonchev–Trinajstić information content (AvgIpc) is 3.34. The Morgan fingerprint density at radius 1 is 1.31 bits per heavy atom. The number of rotatable bonds is 11. The Bertz CT molecular complexity index is 1230. The zero-order valence-corrected chi connectivity index (χ0v) is 24.4. The third-order valence-corrected chi connectivity index (χ3v) is 8.64. The van der Waals surface area contributed by atoms with Crippen LogP contribution in [0.15, 0.2) is 46.3 Å². The molecule has 12 heteroatoms. The molecule has 2 bridgehead atoms. The van der Waals surface area contributed by atoms with E-state index in [0.29, 0.717) is 24.3 Å². The standard InChI is InChI=1S/C27H38N5O6P/c1-8-28-16-36-39(32(17(2)3)18(4)5)38-22-21-25(37-27(22,7)15-35-21)31-14-19(6)23(30-26(31)34)29-24(33)20-12-10-9-11-13-20/h9-14,16-18,21-22,25H,8,15H2,1-7H3,(H,29,30,33,34). The SMILES string of the molecule is CCN=COP(OC1C2OCC1(C)OC2n1cc(C)c(NC(=O)c2ccccc2)nc1=O)N(C(C)C)C(C)C. The lowest BCUT2D eigenvalue weighted by molar-refractivity contribution is -0.167. The Morgan fingerprint density at radius 2 is 2.00 bits per heavy atom. The molecule has 11 nitrogen and oxygen atoms in total. The third-order valence-electron chi connectivity index (χ3n) is 6.66. The minimum absolute atomic E-state index is 0.156. The molecule has 2 aliphatic rings. The van der Waals surface area contributed by atoms with E-state index in [1.165, 1.54) is 11.0 Å². The maximum atomic E-state index is 13.1. The zero-order valence-electron chi connectivity index (χ0n) is 23.5. The molecule has 5 unspecified atom stereocenters. The Hall–Kier alpha value is -2.69. The maximum absolute atomic E-state index is 13.1. The lowest BCUT2D eigenvalue weighted by Gasteiger charge is -2.36. The highest BCUT2D eigenvalue weighted by Gasteiger charge is 2.62. The van der Waals surface area contributed by atoms with Crippen molar-refractivity contribution < 1.29 is 23.3 Å². The van der Waals surface area contributed by atoms with Crippen molar-refractivity contribution >= 4 is 26.7 Å². The van der Waals surface area contributed by atoms with E-state index in [1.807, 2.05) is 19.9 Å². The van der Waals surface area contributed by atoms with Crippen molar-refractivity contribution in [2.75, 3.05) is 18.5 Å². The molecular formula is C27H38N5O6P. The fourth-order valence-electron chi connectivity index (χ4n) is 4.84. The van der Waals surface area contributed by atoms with E-state index < -0.39 is 38.3 Å². The van der Waals surface area contributed by atoms with Gasteiger partial charge in [0.2, 0.25) is 0 Å². The summed E-state index contributed by atoms with van der Waals surface area (Å²) in [5.41, 5.74) is -0.277. The fourth-order valence-corrected chi connectivity index (χ4v) is 6.54. The molecule has 0 aliphatic carbocycles. The van der Waals surface area contributed by atoms with Crippen LogP contribution in [0.4, 0.5) is 5.82 Å². The molecule has 2 aromatic rings. The molecule has 5 atom stereocenters. The number of carbonyl (C=O) groups is 1. The highest BCUT2D eigenvalue weighted by Crippen LogP contribution is 2.54. The summed E-state index contributed by atoms with van der Waals surface area (Å²) in [6, 6.07) is 9.07. The number of aliphatic imine (C=N–C) groups is 1. The van der Waals surface area contributed by atoms with Crippen LogP contribution in [0.1, 0.15) is 63.7 Å². The summed E-state index contributed by atoms with van der Waals surface area (Å²) < 4.78 is 28.7. The molecule has 2 fully saturated rings. The topological polar surface area (TPSA) is 117 Å². The van der Waals surface area contributed by atoms with E-state index in [-0.39, 0.29) is 23.8 Å². The number of anilines is 1. The van der Waals surface area contributed by atoms with Gasteiger partial charge >= 0.3 is 14.2 Å². The van der Waals surface area contributed by atoms with E-state index in [1.54, 1.807) is 37.4 Å². The maximum Gasteiger partial charge on any atom is 0.351 e. The minimum atomic E-state index is -1.54. The number of amides is 1. The zero-order chi connectivity index (χ0) is 28.3. The monoisotopic (exact) mass is 559 g/mol. The molecule has 0 saturated carbocycles. The predicted molar refractivity (Wildman–Crippen MR) is 150 cm³/mol. The summed E-state index contributed by atoms with van der Waals surface area (Å²) in [7, 11) is -1.54. The van der Waals surface area contributed by atoms with Gasteiger partial charge in [-0.25, -0.2) is 9.46 Å². The second-order valence-electron chi connectivity index (χ2n) is 10.4. The van der Waals surface area contributed by atoms with Gasteiger partial charge in [0.1, 0.15) is 23.6 Å². The molecule has 0 radical (unpaired) electrons. The summed E-state index contributed by atoms with van der Waals surface area (Å²) in [6.45, 7) is 14.9. The third kappa shape index (κ3) is 6.23. The van der Waals surface area contributed by atoms with Crippen molar-refractivity contribution in [2.24, 2.45) is 4.99 Å². The van der Waals surface area contributed by atoms with E-state index >= 15 is 0 Å². The van der Waals surface area contributed by atoms with Gasteiger partial charge < -0.3 is 23.8 Å². The van der Waals surface area contributed by atoms with Crippen LogP contribution in [-0.2, 0) is 18.5 Å². The molecule has 1 aromatic carbocycles. The van der Waals surface area contributed by atoms with Crippen molar-refractivity contribution in [1.82, 2.24) is 14.2 Å². The summed E-state index contributed by atoms with van der Waals surface area (Å²) in [5, 5.41) is 2.73. The summed E-state index contributed by atoms with van der Waals surface area (Å²) in [6.07, 6.45) is 1.28. The van der Waals surface area contributed by atoms with Crippen LogP contribution in [-0.4, -0.2) is 69.6 Å². The quantitative estimate of drug-likeness (QED) is 0.246. The van der Waals surface area contributed by atoms with Gasteiger partial charge in [-0.15, -0.1) is 0 Å². The first-order chi connectivity index (χ1) is 18.6. The number of nitrogens with zero attached hydrogens (tertiary/aromatic N) is 4. The van der Waals surface area contributed by atoms with Crippen LogP contribution < -0.4 is 11.0 Å². The van der Waals surface area contributed by atoms with E-state index in [0.717, 1.165) is 0 Å². The second-order valence-corrected chi connectivity index (χ2v) is 11.8. The Morgan fingerprint density at radius 3 is 2.64 bits per heavy atom. The number of aryl methyl sites for hydroxylation is 1. The molecule has 1 aromatic heterocycles. The molecule has 3 heterocycles. The van der Waals surface area contributed by atoms with Gasteiger partial charge in [-0.05, 0) is 60.6 Å². The van der Waals surface area contributed by atoms with Gasteiger partial charge in [-0.2, -0.15) is 4.98 Å². The highest BCUT2D eigenvalue weighted by molar-refractivity contribution is 7.45. The van der Waals surface area contributed by atoms with Gasteiger partial charge in [0.15, 0.2) is 12.6 Å². The molecule has 39 heavy (non-hydrogen) atoms. The Labute approximate surface area is 230 Å². The van der Waals surface area contributed by atoms with E-state index in [2.05, 4.69) is 47.7 Å². The van der Waals surface area contributed by atoms with Gasteiger partial charge in [0.05, 0.1) is 6.61 Å². The smallest absolute Gasteiger partial charge is 0.351 e. The predicted octanol–water partition coefficient (Wildman–Crippen LogP) is 4.29. The minimum Gasteiger partial charge on any atom is -0.425 e. The van der Waals surface area contributed by atoms with Crippen molar-refractivity contribution in [1.29, 1.82) is 0 Å². The fraction of sp³-hybridized carbons (Fsp3) is 0.556. The van der Waals surface area contributed by atoms with Gasteiger partial charge in [-0.1, -0.05) is 18.2 Å². The van der Waals surface area contributed by atoms with Gasteiger partial charge in [0.25, 0.3) is 5.91 Å². The van der Waals surface area contributed by atoms with E-state index in [9.17, 15) is 9.59 Å². The first-order valence-electron chi connectivity index (χ1n) is 13.2. The molecule has 212 valence electrons. The van der Waals surface area contributed by atoms with Crippen LogP contribution >= 0.6 is 8.53 Å². The van der Waals surface area contributed by atoms with Crippen molar-refractivity contribution in [3.8, 4) is 0 Å². The number of aromatic nitrogens is 2. The number of carbonyl (C=O) groups excluding carboxylic acids is 1. The second kappa shape index (κ2) is 12.2. The lowest BCUT2D eigenvalue weighted by Crippen LogP contribution is -2.40. The molecule has 0 spiro atoms. The molecule has 1 amide bonds. The van der Waals surface area contributed by atoms with Crippen molar-refractivity contribution in [3.05, 3.63) is 58.1 Å².